The van der Waals surface area contributed by atoms with Crippen LogP contribution in [0.2, 0.25) is 0 Å². The van der Waals surface area contributed by atoms with Crippen LogP contribution >= 0.6 is 0 Å². The fourth-order valence-corrected chi connectivity index (χ4v) is 6.21. The van der Waals surface area contributed by atoms with Gasteiger partial charge in [0.1, 0.15) is 0 Å². The minimum absolute atomic E-state index is 0.137. The van der Waals surface area contributed by atoms with E-state index in [1.54, 1.807) is 0 Å². The molecule has 2 nitrogen and oxygen atoms in total. The monoisotopic (exact) mass is 833 g/mol. The smallest absolute Gasteiger partial charge is 0.0652 e. The minimum Gasteiger partial charge on any atom is -0.310 e. The van der Waals surface area contributed by atoms with Gasteiger partial charge in [0.05, 0.1) is 68.6 Å². The van der Waals surface area contributed by atoms with Gasteiger partial charge in [0.2, 0.25) is 0 Å². The third-order valence-corrected chi connectivity index (χ3v) is 8.94. The first kappa shape index (κ1) is 13.4. The fraction of sp³-hybridized carbons (Fsp3) is 0. The minimum atomic E-state index is -1.52. The van der Waals surface area contributed by atoms with Gasteiger partial charge in [0, 0.05) is 33.5 Å². The Labute approximate surface area is 421 Å². The summed E-state index contributed by atoms with van der Waals surface area (Å²) in [5, 5.41) is -1.61. The molecule has 292 valence electrons. The molecule has 1 aromatic heterocycles. The van der Waals surface area contributed by atoms with E-state index in [-0.39, 0.29) is 4.90 Å². The van der Waals surface area contributed by atoms with Gasteiger partial charge in [-0.05, 0) is 122 Å². The Morgan fingerprint density at radius 2 is 0.677 bits per heavy atom. The summed E-state index contributed by atoms with van der Waals surface area (Å²) in [6, 6.07) is -49.7. The van der Waals surface area contributed by atoms with E-state index in [0.29, 0.717) is 4.57 Å². The summed E-state index contributed by atoms with van der Waals surface area (Å²) >= 11 is 0. The van der Waals surface area contributed by atoms with Gasteiger partial charge in [-0.15, -0.1) is 0 Å². The van der Waals surface area contributed by atoms with Crippen molar-refractivity contribution in [1.29, 1.82) is 0 Å². The van der Waals surface area contributed by atoms with Crippen LogP contribution in [-0.2, 0) is 0 Å². The van der Waals surface area contributed by atoms with Crippen molar-refractivity contribution < 1.29 is 57.6 Å². The van der Waals surface area contributed by atoms with Gasteiger partial charge in [0.15, 0.2) is 0 Å². The summed E-state index contributed by atoms with van der Waals surface area (Å²) in [4.78, 5) is 0.137. The summed E-state index contributed by atoms with van der Waals surface area (Å²) in [5.74, 6) is 0. The summed E-state index contributed by atoms with van der Waals surface area (Å²) < 4.78 is 382. The molecule has 0 N–H and O–H groups in total. The molecule has 0 radical (unpaired) electrons. The van der Waals surface area contributed by atoms with Crippen LogP contribution in [0.15, 0.2) is 254 Å². The molecule has 1 heterocycles. The second-order valence-electron chi connectivity index (χ2n) is 12.5. The Hall–Kier alpha value is -8.20. The third-order valence-electron chi connectivity index (χ3n) is 8.94. The van der Waals surface area contributed by atoms with E-state index in [0.717, 1.165) is 0 Å². The van der Waals surface area contributed by atoms with Crippen LogP contribution in [0, 0.1) is 0 Å². The van der Waals surface area contributed by atoms with E-state index in [1.165, 1.54) is 0 Å². The second kappa shape index (κ2) is 16.1. The van der Waals surface area contributed by atoms with Gasteiger partial charge < -0.3 is 9.47 Å². The molecule has 10 aromatic carbocycles. The number of hydrogen-bond acceptors (Lipinski definition) is 1. The van der Waals surface area contributed by atoms with Crippen molar-refractivity contribution in [2.24, 2.45) is 0 Å². The summed E-state index contributed by atoms with van der Waals surface area (Å²) in [5.41, 5.74) is -17.2. The number of para-hydroxylation sites is 1. The number of hydrogen-bond donors (Lipinski definition) is 0. The average Bonchev–Trinajstić information content (AvgIpc) is 1.33. The number of benzene rings is 10. The Bertz CT molecular complexity index is 5630. The molecule has 0 fully saturated rings. The molecule has 2 heteroatoms. The van der Waals surface area contributed by atoms with E-state index in [2.05, 4.69) is 0 Å². The second-order valence-corrected chi connectivity index (χ2v) is 12.5. The van der Waals surface area contributed by atoms with Crippen molar-refractivity contribution in [3.63, 3.8) is 0 Å². The van der Waals surface area contributed by atoms with Crippen LogP contribution in [0.4, 0.5) is 17.1 Å². The molecule has 0 amide bonds. The standard InChI is InChI=1S/C60H42N2/c1-5-15-43(16-6-1)45-25-32-51(33-26-45)61(54-38-39-55(48-19-9-3-10-20-48)57(42-54)49-21-11-4-12-22-49)52-34-29-47(30-35-52)50-31-40-60-58(41-50)56-23-13-14-24-59(56)62(60)53-36-27-46(28-37-53)44-17-7-2-8-18-44/h1-42H/i1D,2D,3D,4D,5D,6D,7D,8D,9D,10D,11D,12D,13D,14D,15D,16D,17D,18D,19D,20D,21D,22D,23D,24D,25D,26D,27D,28D,29D,30D,31D,32D,33D,34D,35D,36D,37D,38D,39D,40D,41D,42D. The third kappa shape index (κ3) is 6.94. The van der Waals surface area contributed by atoms with Crippen molar-refractivity contribution in [2.75, 3.05) is 4.90 Å². The molecule has 0 bridgehead atoms. The molecule has 0 saturated heterocycles. The Balaban J connectivity index is 1.31. The number of aromatic nitrogens is 1. The maximum atomic E-state index is 10.2. The van der Waals surface area contributed by atoms with E-state index < -0.39 is 354 Å². The maximum absolute atomic E-state index is 10.2. The van der Waals surface area contributed by atoms with Gasteiger partial charge >= 0.3 is 0 Å². The molecule has 0 spiro atoms. The first-order chi connectivity index (χ1) is 48.2. The normalized spacial score (nSPS) is 20.7. The van der Waals surface area contributed by atoms with Crippen molar-refractivity contribution in [3.8, 4) is 61.3 Å². The zero-order valence-corrected chi connectivity index (χ0v) is 30.9. The van der Waals surface area contributed by atoms with Crippen LogP contribution in [0.5, 0.6) is 0 Å². The summed E-state index contributed by atoms with van der Waals surface area (Å²) in [6.07, 6.45) is 0. The Morgan fingerprint density at radius 3 is 1.24 bits per heavy atom. The quantitative estimate of drug-likeness (QED) is 0.141. The molecule has 11 rings (SSSR count). The van der Waals surface area contributed by atoms with Gasteiger partial charge in [-0.2, -0.15) is 0 Å². The van der Waals surface area contributed by atoms with Crippen LogP contribution < -0.4 is 4.90 Å². The molecule has 0 atom stereocenters. The lowest BCUT2D eigenvalue weighted by Gasteiger charge is -2.27. The molecule has 0 saturated carbocycles. The lowest BCUT2D eigenvalue weighted by atomic mass is 9.93. The highest BCUT2D eigenvalue weighted by atomic mass is 15.1. The van der Waals surface area contributed by atoms with Crippen LogP contribution in [0.1, 0.15) is 57.6 Å². The fourth-order valence-electron chi connectivity index (χ4n) is 6.21. The molecule has 62 heavy (non-hydrogen) atoms. The van der Waals surface area contributed by atoms with Gasteiger partial charge in [0.25, 0.3) is 0 Å². The number of nitrogens with zero attached hydrogens (tertiary/aromatic N) is 2. The summed E-state index contributed by atoms with van der Waals surface area (Å²) in [7, 11) is 0. The van der Waals surface area contributed by atoms with Crippen molar-refractivity contribution in [1.82, 2.24) is 4.57 Å². The zero-order valence-electron chi connectivity index (χ0n) is 72.9. The zero-order chi connectivity index (χ0) is 77.8. The SMILES string of the molecule is [2H]c1c([2H])c([2H])c(-c2c([2H])c([2H])c(N(c3c([2H])c([2H])c(-c4c([2H])c([2H])c5c(c4[2H])c4c([2H])c([2H])c([2H])c([2H])c4n5-c4c([2H])c([2H])c(-c5c([2H])c([2H])c([2H])c([2H])c5[2H])c([2H])c4[2H])c([2H])c3[2H])c3c([2H])c([2H])c(-c4c([2H])c([2H])c([2H])c([2H])c4[2H])c(-c4c([2H])c([2H])c([2H])c([2H])c4[2H])c3[2H])c([2H])c2[2H])c([2H])c1[2H]. The average molecular weight is 833 g/mol. The van der Waals surface area contributed by atoms with Crippen LogP contribution in [-0.4, -0.2) is 4.57 Å². The highest BCUT2D eigenvalue weighted by Crippen LogP contribution is 2.42. The molecule has 0 unspecified atom stereocenters. The largest absolute Gasteiger partial charge is 0.310 e. The molecular formula is C60H42N2. The van der Waals surface area contributed by atoms with Crippen molar-refractivity contribution in [2.45, 2.75) is 0 Å². The van der Waals surface area contributed by atoms with Crippen molar-refractivity contribution >= 4 is 38.9 Å². The molecular weight excluding hydrogens is 749 g/mol. The van der Waals surface area contributed by atoms with Gasteiger partial charge in [-0.3, -0.25) is 0 Å². The van der Waals surface area contributed by atoms with E-state index in [1.807, 2.05) is 0 Å². The van der Waals surface area contributed by atoms with Crippen molar-refractivity contribution in [3.05, 3.63) is 254 Å². The Kier molecular flexibility index (Phi) is 3.48. The van der Waals surface area contributed by atoms with E-state index in [9.17, 15) is 27.4 Å². The topological polar surface area (TPSA) is 8.17 Å². The summed E-state index contributed by atoms with van der Waals surface area (Å²) in [6.45, 7) is 0. The first-order valence-corrected chi connectivity index (χ1v) is 17.8. The van der Waals surface area contributed by atoms with Gasteiger partial charge in [-0.25, -0.2) is 0 Å². The maximum Gasteiger partial charge on any atom is 0.0652 e. The molecule has 0 aliphatic rings. The molecule has 0 aliphatic heterocycles. The van der Waals surface area contributed by atoms with E-state index >= 15 is 0 Å². The molecule has 0 aliphatic carbocycles. The predicted molar refractivity (Wildman–Crippen MR) is 263 cm³/mol. The predicted octanol–water partition coefficient (Wildman–Crippen LogP) is 16.6. The van der Waals surface area contributed by atoms with Crippen LogP contribution in [0.3, 0.4) is 0 Å². The number of rotatable bonds is 9. The Morgan fingerprint density at radius 1 is 0.274 bits per heavy atom. The number of fused-ring (bicyclic) bond motifs is 3. The first-order valence-electron chi connectivity index (χ1n) is 38.8. The highest BCUT2D eigenvalue weighted by molar-refractivity contribution is 6.10. The highest BCUT2D eigenvalue weighted by Gasteiger charge is 2.18. The van der Waals surface area contributed by atoms with E-state index in [4.69, 9.17) is 30.2 Å². The van der Waals surface area contributed by atoms with Crippen LogP contribution in [0.25, 0.3) is 83.1 Å². The van der Waals surface area contributed by atoms with Gasteiger partial charge in [-0.1, -0.05) is 187 Å². The number of anilines is 3. The molecule has 11 aromatic rings. The lowest BCUT2D eigenvalue weighted by molar-refractivity contribution is 1.18. The lowest BCUT2D eigenvalue weighted by Crippen LogP contribution is -2.10.